The Hall–Kier alpha value is -4.17. The van der Waals surface area contributed by atoms with Crippen molar-refractivity contribution in [1.82, 2.24) is 10.4 Å². The van der Waals surface area contributed by atoms with Gasteiger partial charge in [0.2, 0.25) is 0 Å². The van der Waals surface area contributed by atoms with Crippen LogP contribution < -0.4 is 15.5 Å². The molecule has 0 atom stereocenters. The second kappa shape index (κ2) is 12.6. The third kappa shape index (κ3) is 7.23. The fraction of sp³-hybridized carbons (Fsp3) is 0.0333. The average Bonchev–Trinajstić information content (AvgIpc) is 3.41. The first kappa shape index (κ1) is 26.4. The number of carbonyl (C=O) groups excluding carboxylic acids is 1. The lowest BCUT2D eigenvalue weighted by Crippen LogP contribution is -2.17. The Bertz CT molecular complexity index is 1610. The zero-order valence-electron chi connectivity index (χ0n) is 20.5. The largest absolute Gasteiger partial charge is 0.488 e. The molecule has 0 aliphatic carbocycles. The maximum Gasteiger partial charge on any atom is 0.271 e. The van der Waals surface area contributed by atoms with Crippen molar-refractivity contribution in [3.63, 3.8) is 0 Å². The Labute approximate surface area is 239 Å². The number of rotatable bonds is 9. The molecule has 5 aromatic rings. The van der Waals surface area contributed by atoms with Crippen LogP contribution >= 0.6 is 34.5 Å². The number of nitrogens with one attached hydrogen (secondary N) is 2. The van der Waals surface area contributed by atoms with Crippen LogP contribution in [0.15, 0.2) is 108 Å². The van der Waals surface area contributed by atoms with Crippen molar-refractivity contribution >= 4 is 57.5 Å². The average molecular weight is 574 g/mol. The minimum atomic E-state index is -0.342. The SMILES string of the molecule is O=C(N/N=C\c1cc(Cl)ccc1OCc1cccc(Cl)c1)c1ccc(-c2csc(Nc3ccccc3)n2)cc1. The maximum atomic E-state index is 12.7. The lowest BCUT2D eigenvalue weighted by Gasteiger charge is -2.10. The summed E-state index contributed by atoms with van der Waals surface area (Å²) >= 11 is 13.7. The van der Waals surface area contributed by atoms with Gasteiger partial charge < -0.3 is 10.1 Å². The van der Waals surface area contributed by atoms with Crippen LogP contribution in [0.5, 0.6) is 5.75 Å². The molecule has 1 aromatic heterocycles. The highest BCUT2D eigenvalue weighted by atomic mass is 35.5. The molecule has 0 bridgehead atoms. The highest BCUT2D eigenvalue weighted by Crippen LogP contribution is 2.27. The minimum absolute atomic E-state index is 0.324. The van der Waals surface area contributed by atoms with E-state index in [2.05, 4.69) is 20.8 Å². The predicted molar refractivity (Wildman–Crippen MR) is 160 cm³/mol. The van der Waals surface area contributed by atoms with Gasteiger partial charge in [-0.15, -0.1) is 11.3 Å². The number of carbonyl (C=O) groups is 1. The summed E-state index contributed by atoms with van der Waals surface area (Å²) in [6.07, 6.45) is 1.50. The maximum absolute atomic E-state index is 12.7. The molecule has 2 N–H and O–H groups in total. The molecule has 0 aliphatic rings. The predicted octanol–water partition coefficient (Wildman–Crippen LogP) is 8.20. The number of thiazole rings is 1. The van der Waals surface area contributed by atoms with Crippen molar-refractivity contribution in [2.75, 3.05) is 5.32 Å². The molecule has 0 saturated carbocycles. The van der Waals surface area contributed by atoms with Gasteiger partial charge in [0.05, 0.1) is 11.9 Å². The van der Waals surface area contributed by atoms with Gasteiger partial charge in [-0.3, -0.25) is 4.79 Å². The first-order chi connectivity index (χ1) is 19.0. The highest BCUT2D eigenvalue weighted by molar-refractivity contribution is 7.14. The fourth-order valence-corrected chi connectivity index (χ4v) is 4.80. The third-order valence-corrected chi connectivity index (χ3v) is 6.82. The van der Waals surface area contributed by atoms with Crippen LogP contribution in [0.2, 0.25) is 10.0 Å². The molecule has 6 nitrogen and oxygen atoms in total. The van der Waals surface area contributed by atoms with Crippen molar-refractivity contribution in [3.8, 4) is 17.0 Å². The molecule has 1 amide bonds. The van der Waals surface area contributed by atoms with Crippen molar-refractivity contribution in [2.45, 2.75) is 6.61 Å². The molecule has 0 spiro atoms. The minimum Gasteiger partial charge on any atom is -0.488 e. The van der Waals surface area contributed by atoms with Crippen LogP contribution in [0.4, 0.5) is 10.8 Å². The van der Waals surface area contributed by atoms with Crippen LogP contribution in [-0.2, 0) is 6.61 Å². The molecule has 194 valence electrons. The Morgan fingerprint density at radius 3 is 2.51 bits per heavy atom. The van der Waals surface area contributed by atoms with Crippen molar-refractivity contribution < 1.29 is 9.53 Å². The van der Waals surface area contributed by atoms with Gasteiger partial charge in [0, 0.05) is 37.8 Å². The Morgan fingerprint density at radius 1 is 0.923 bits per heavy atom. The van der Waals surface area contributed by atoms with E-state index in [0.29, 0.717) is 33.5 Å². The summed E-state index contributed by atoms with van der Waals surface area (Å²) in [4.78, 5) is 17.3. The lowest BCUT2D eigenvalue weighted by molar-refractivity contribution is 0.0955. The smallest absolute Gasteiger partial charge is 0.271 e. The summed E-state index contributed by atoms with van der Waals surface area (Å²) in [7, 11) is 0. The van der Waals surface area contributed by atoms with E-state index in [1.165, 1.54) is 17.6 Å². The van der Waals surface area contributed by atoms with Gasteiger partial charge in [0.1, 0.15) is 12.4 Å². The van der Waals surface area contributed by atoms with Crippen LogP contribution in [-0.4, -0.2) is 17.1 Å². The molecule has 1 heterocycles. The second-order valence-corrected chi connectivity index (χ2v) is 10.1. The van der Waals surface area contributed by atoms with E-state index in [-0.39, 0.29) is 5.91 Å². The van der Waals surface area contributed by atoms with E-state index < -0.39 is 0 Å². The number of hydrogen-bond acceptors (Lipinski definition) is 6. The standard InChI is InChI=1S/C30H22Cl2N4O2S/c31-24-6-4-5-20(15-24)18-38-28-14-13-25(32)16-23(28)17-33-36-29(37)22-11-9-21(10-12-22)27-19-39-30(35-27)34-26-7-2-1-3-8-26/h1-17,19H,18H2,(H,34,35)(H,36,37)/b33-17-. The monoisotopic (exact) mass is 572 g/mol. The summed E-state index contributed by atoms with van der Waals surface area (Å²) < 4.78 is 5.93. The number of benzene rings is 4. The van der Waals surface area contributed by atoms with Crippen LogP contribution in [0.3, 0.4) is 0 Å². The normalized spacial score (nSPS) is 10.9. The molecule has 0 saturated heterocycles. The van der Waals surface area contributed by atoms with Gasteiger partial charge in [-0.2, -0.15) is 5.10 Å². The van der Waals surface area contributed by atoms with Crippen LogP contribution in [0.25, 0.3) is 11.3 Å². The quantitative estimate of drug-likeness (QED) is 0.138. The van der Waals surface area contributed by atoms with Crippen molar-refractivity contribution in [1.29, 1.82) is 0 Å². The first-order valence-electron chi connectivity index (χ1n) is 11.9. The van der Waals surface area contributed by atoms with E-state index in [9.17, 15) is 4.79 Å². The van der Waals surface area contributed by atoms with Crippen LogP contribution in [0, 0.1) is 0 Å². The number of nitrogens with zero attached hydrogens (tertiary/aromatic N) is 2. The summed E-state index contributed by atoms with van der Waals surface area (Å²) in [5, 5.41) is 11.3. The Morgan fingerprint density at radius 2 is 1.72 bits per heavy atom. The van der Waals surface area contributed by atoms with Gasteiger partial charge >= 0.3 is 0 Å². The topological polar surface area (TPSA) is 75.6 Å². The Kier molecular flexibility index (Phi) is 8.53. The highest BCUT2D eigenvalue weighted by Gasteiger charge is 2.09. The van der Waals surface area contributed by atoms with Gasteiger partial charge in [0.15, 0.2) is 5.13 Å². The molecule has 0 unspecified atom stereocenters. The molecule has 5 rings (SSSR count). The molecule has 39 heavy (non-hydrogen) atoms. The molecule has 0 radical (unpaired) electrons. The molecule has 9 heteroatoms. The Balaban J connectivity index is 1.20. The van der Waals surface area contributed by atoms with Gasteiger partial charge in [-0.25, -0.2) is 10.4 Å². The first-order valence-corrected chi connectivity index (χ1v) is 13.6. The van der Waals surface area contributed by atoms with E-state index in [1.54, 1.807) is 36.4 Å². The molecular weight excluding hydrogens is 551 g/mol. The van der Waals surface area contributed by atoms with Gasteiger partial charge in [-0.1, -0.05) is 65.7 Å². The lowest BCUT2D eigenvalue weighted by atomic mass is 10.1. The zero-order valence-corrected chi connectivity index (χ0v) is 22.8. The number of halogens is 2. The fourth-order valence-electron chi connectivity index (χ4n) is 3.67. The summed E-state index contributed by atoms with van der Waals surface area (Å²) in [5.74, 6) is 0.233. The number of amides is 1. The number of hydrazone groups is 1. The van der Waals surface area contributed by atoms with E-state index in [0.717, 1.165) is 27.6 Å². The second-order valence-electron chi connectivity index (χ2n) is 8.41. The van der Waals surface area contributed by atoms with Crippen molar-refractivity contribution in [3.05, 3.63) is 129 Å². The van der Waals surface area contributed by atoms with Crippen molar-refractivity contribution in [2.24, 2.45) is 5.10 Å². The number of para-hydroxylation sites is 1. The molecule has 0 fully saturated rings. The number of ether oxygens (including phenoxy) is 1. The summed E-state index contributed by atoms with van der Waals surface area (Å²) in [6.45, 7) is 0.324. The van der Waals surface area contributed by atoms with E-state index in [1.807, 2.05) is 66.0 Å². The number of aromatic nitrogens is 1. The molecular formula is C30H22Cl2N4O2S. The van der Waals surface area contributed by atoms with Gasteiger partial charge in [-0.05, 0) is 60.2 Å². The summed E-state index contributed by atoms with van der Waals surface area (Å²) in [6, 6.07) is 29.7. The molecule has 4 aromatic carbocycles. The van der Waals surface area contributed by atoms with E-state index >= 15 is 0 Å². The number of hydrogen-bond donors (Lipinski definition) is 2. The summed E-state index contributed by atoms with van der Waals surface area (Å²) in [5.41, 5.74) is 7.30. The zero-order chi connectivity index (χ0) is 27.0. The number of anilines is 2. The van der Waals surface area contributed by atoms with Crippen LogP contribution in [0.1, 0.15) is 21.5 Å². The third-order valence-electron chi connectivity index (χ3n) is 5.60. The molecule has 0 aliphatic heterocycles. The van der Waals surface area contributed by atoms with E-state index in [4.69, 9.17) is 27.9 Å². The van der Waals surface area contributed by atoms with Gasteiger partial charge in [0.25, 0.3) is 5.91 Å².